The molecule has 0 spiro atoms. The molecule has 2 rings (SSSR count). The summed E-state index contributed by atoms with van der Waals surface area (Å²) in [5.41, 5.74) is 1.22. The molecular weight excluding hydrogens is 176 g/mol. The van der Waals surface area contributed by atoms with Crippen molar-refractivity contribution in [2.75, 3.05) is 20.1 Å². The van der Waals surface area contributed by atoms with Crippen LogP contribution in [0.25, 0.3) is 0 Å². The average Bonchev–Trinajstić information content (AvgIpc) is 2.66. The first-order valence-corrected chi connectivity index (χ1v) is 5.17. The van der Waals surface area contributed by atoms with E-state index in [1.807, 2.05) is 6.20 Å². The van der Waals surface area contributed by atoms with Gasteiger partial charge in [-0.25, -0.2) is 4.98 Å². The minimum absolute atomic E-state index is 0.583. The van der Waals surface area contributed by atoms with E-state index in [0.29, 0.717) is 12.1 Å². The number of aromatic amines is 1. The van der Waals surface area contributed by atoms with Crippen molar-refractivity contribution in [1.82, 2.24) is 20.2 Å². The summed E-state index contributed by atoms with van der Waals surface area (Å²) in [5, 5.41) is 3.45. The van der Waals surface area contributed by atoms with Crippen LogP contribution in [0, 0.1) is 0 Å². The van der Waals surface area contributed by atoms with E-state index in [0.717, 1.165) is 19.5 Å². The SMILES string of the molecule is CC1CNCC(Cc2cnc[nH]2)N1C. The first-order chi connectivity index (χ1) is 6.77. The van der Waals surface area contributed by atoms with Crippen LogP contribution in [0.15, 0.2) is 12.5 Å². The van der Waals surface area contributed by atoms with Crippen molar-refractivity contribution in [1.29, 1.82) is 0 Å². The molecule has 4 heteroatoms. The Morgan fingerprint density at radius 2 is 2.43 bits per heavy atom. The Morgan fingerprint density at radius 3 is 3.14 bits per heavy atom. The highest BCUT2D eigenvalue weighted by Gasteiger charge is 2.24. The lowest BCUT2D eigenvalue weighted by Gasteiger charge is -2.38. The van der Waals surface area contributed by atoms with Crippen molar-refractivity contribution >= 4 is 0 Å². The normalized spacial score (nSPS) is 29.3. The maximum Gasteiger partial charge on any atom is 0.0921 e. The molecule has 0 amide bonds. The van der Waals surface area contributed by atoms with Crippen molar-refractivity contribution in [3.63, 3.8) is 0 Å². The second-order valence-electron chi connectivity index (χ2n) is 4.11. The summed E-state index contributed by atoms with van der Waals surface area (Å²) < 4.78 is 0. The summed E-state index contributed by atoms with van der Waals surface area (Å²) in [4.78, 5) is 9.63. The largest absolute Gasteiger partial charge is 0.348 e. The number of aromatic nitrogens is 2. The molecule has 0 radical (unpaired) electrons. The van der Waals surface area contributed by atoms with Gasteiger partial charge in [-0.05, 0) is 14.0 Å². The molecule has 2 unspecified atom stereocenters. The number of likely N-dealkylation sites (N-methyl/N-ethyl adjacent to an activating group) is 1. The van der Waals surface area contributed by atoms with Crippen molar-refractivity contribution in [2.24, 2.45) is 0 Å². The molecule has 1 aliphatic rings. The van der Waals surface area contributed by atoms with E-state index in [1.54, 1.807) is 6.33 Å². The molecule has 4 nitrogen and oxygen atoms in total. The van der Waals surface area contributed by atoms with Gasteiger partial charge in [0.15, 0.2) is 0 Å². The van der Waals surface area contributed by atoms with Gasteiger partial charge in [0.2, 0.25) is 0 Å². The van der Waals surface area contributed by atoms with Gasteiger partial charge in [0.05, 0.1) is 6.33 Å². The third-order valence-corrected chi connectivity index (χ3v) is 3.10. The maximum absolute atomic E-state index is 4.04. The van der Waals surface area contributed by atoms with E-state index in [4.69, 9.17) is 0 Å². The number of nitrogens with zero attached hydrogens (tertiary/aromatic N) is 2. The van der Waals surface area contributed by atoms with Gasteiger partial charge in [-0.3, -0.25) is 4.90 Å². The Hall–Kier alpha value is -0.870. The van der Waals surface area contributed by atoms with Gasteiger partial charge in [0.25, 0.3) is 0 Å². The third-order valence-electron chi connectivity index (χ3n) is 3.10. The minimum Gasteiger partial charge on any atom is -0.348 e. The monoisotopic (exact) mass is 194 g/mol. The molecule has 1 aromatic rings. The van der Waals surface area contributed by atoms with Gasteiger partial charge in [-0.2, -0.15) is 0 Å². The van der Waals surface area contributed by atoms with Crippen LogP contribution >= 0.6 is 0 Å². The molecule has 1 aliphatic heterocycles. The number of nitrogens with one attached hydrogen (secondary N) is 2. The lowest BCUT2D eigenvalue weighted by molar-refractivity contribution is 0.139. The van der Waals surface area contributed by atoms with Gasteiger partial charge < -0.3 is 10.3 Å². The smallest absolute Gasteiger partial charge is 0.0921 e. The number of imidazole rings is 1. The fourth-order valence-electron chi connectivity index (χ4n) is 1.97. The topological polar surface area (TPSA) is 44.0 Å². The van der Waals surface area contributed by atoms with Crippen LogP contribution in [0.3, 0.4) is 0 Å². The van der Waals surface area contributed by atoms with E-state index in [-0.39, 0.29) is 0 Å². The zero-order valence-electron chi connectivity index (χ0n) is 8.83. The Morgan fingerprint density at radius 1 is 1.57 bits per heavy atom. The summed E-state index contributed by atoms with van der Waals surface area (Å²) in [6.07, 6.45) is 4.70. The van der Waals surface area contributed by atoms with E-state index in [1.165, 1.54) is 5.69 Å². The molecular formula is C10H18N4. The van der Waals surface area contributed by atoms with Crippen LogP contribution in [0.5, 0.6) is 0 Å². The summed E-state index contributed by atoms with van der Waals surface area (Å²) in [7, 11) is 2.20. The molecule has 2 heterocycles. The minimum atomic E-state index is 0.583. The van der Waals surface area contributed by atoms with Gasteiger partial charge in [-0.1, -0.05) is 0 Å². The van der Waals surface area contributed by atoms with E-state index in [2.05, 4.69) is 34.2 Å². The molecule has 0 saturated carbocycles. The molecule has 0 bridgehead atoms. The van der Waals surface area contributed by atoms with E-state index < -0.39 is 0 Å². The molecule has 2 atom stereocenters. The van der Waals surface area contributed by atoms with Crippen LogP contribution in [-0.2, 0) is 6.42 Å². The number of piperazine rings is 1. The Bertz CT molecular complexity index is 270. The van der Waals surface area contributed by atoms with Gasteiger partial charge in [0.1, 0.15) is 0 Å². The summed E-state index contributed by atoms with van der Waals surface area (Å²) in [5.74, 6) is 0. The van der Waals surface area contributed by atoms with Crippen molar-refractivity contribution in [3.8, 4) is 0 Å². The fourth-order valence-corrected chi connectivity index (χ4v) is 1.97. The standard InChI is InChI=1S/C10H18N4/c1-8-4-11-6-10(14(8)2)3-9-5-12-7-13-9/h5,7-8,10-11H,3-4,6H2,1-2H3,(H,12,13). The van der Waals surface area contributed by atoms with Crippen molar-refractivity contribution in [2.45, 2.75) is 25.4 Å². The zero-order chi connectivity index (χ0) is 9.97. The Balaban J connectivity index is 1.97. The second kappa shape index (κ2) is 4.11. The maximum atomic E-state index is 4.04. The van der Waals surface area contributed by atoms with E-state index in [9.17, 15) is 0 Å². The molecule has 1 saturated heterocycles. The number of rotatable bonds is 2. The predicted molar refractivity (Wildman–Crippen MR) is 56.2 cm³/mol. The highest BCUT2D eigenvalue weighted by molar-refractivity contribution is 4.99. The Kier molecular flexibility index (Phi) is 2.84. The van der Waals surface area contributed by atoms with Crippen LogP contribution in [0.1, 0.15) is 12.6 Å². The van der Waals surface area contributed by atoms with Crippen LogP contribution in [0.4, 0.5) is 0 Å². The van der Waals surface area contributed by atoms with Crippen LogP contribution in [-0.4, -0.2) is 47.1 Å². The Labute approximate surface area is 84.7 Å². The highest BCUT2D eigenvalue weighted by atomic mass is 15.2. The number of hydrogen-bond donors (Lipinski definition) is 2. The lowest BCUT2D eigenvalue weighted by Crippen LogP contribution is -2.55. The average molecular weight is 194 g/mol. The third kappa shape index (κ3) is 1.96. The molecule has 1 aromatic heterocycles. The van der Waals surface area contributed by atoms with Crippen LogP contribution in [0.2, 0.25) is 0 Å². The summed E-state index contributed by atoms with van der Waals surface area (Å²) >= 11 is 0. The predicted octanol–water partition coefficient (Wildman–Crippen LogP) is 0.244. The van der Waals surface area contributed by atoms with Crippen molar-refractivity contribution < 1.29 is 0 Å². The molecule has 0 aromatic carbocycles. The first-order valence-electron chi connectivity index (χ1n) is 5.17. The van der Waals surface area contributed by atoms with Gasteiger partial charge >= 0.3 is 0 Å². The first kappa shape index (κ1) is 9.68. The van der Waals surface area contributed by atoms with Gasteiger partial charge in [-0.15, -0.1) is 0 Å². The van der Waals surface area contributed by atoms with Crippen LogP contribution < -0.4 is 5.32 Å². The quantitative estimate of drug-likeness (QED) is 0.709. The van der Waals surface area contributed by atoms with Gasteiger partial charge in [0, 0.05) is 43.5 Å². The fraction of sp³-hybridized carbons (Fsp3) is 0.700. The molecule has 78 valence electrons. The molecule has 0 aliphatic carbocycles. The number of hydrogen-bond acceptors (Lipinski definition) is 3. The summed E-state index contributed by atoms with van der Waals surface area (Å²) in [6.45, 7) is 4.42. The lowest BCUT2D eigenvalue weighted by atomic mass is 10.1. The molecule has 1 fully saturated rings. The zero-order valence-corrected chi connectivity index (χ0v) is 8.83. The second-order valence-corrected chi connectivity index (χ2v) is 4.11. The van der Waals surface area contributed by atoms with Crippen molar-refractivity contribution in [3.05, 3.63) is 18.2 Å². The van der Waals surface area contributed by atoms with E-state index >= 15 is 0 Å². The summed E-state index contributed by atoms with van der Waals surface area (Å²) in [6, 6.07) is 1.20. The molecule has 2 N–H and O–H groups in total. The number of H-pyrrole nitrogens is 1. The highest BCUT2D eigenvalue weighted by Crippen LogP contribution is 2.10. The molecule has 14 heavy (non-hydrogen) atoms.